The minimum atomic E-state index is -3.87. The molecule has 162 valence electrons. The van der Waals surface area contributed by atoms with Crippen LogP contribution in [-0.4, -0.2) is 56.3 Å². The summed E-state index contributed by atoms with van der Waals surface area (Å²) in [7, 11) is -2.30. The molecular formula is C19H25N5O5S. The van der Waals surface area contributed by atoms with Crippen LogP contribution in [0.15, 0.2) is 41.6 Å². The molecule has 30 heavy (non-hydrogen) atoms. The Balaban J connectivity index is 1.41. The molecule has 0 bridgehead atoms. The monoisotopic (exact) mass is 435 g/mol. The predicted molar refractivity (Wildman–Crippen MR) is 110 cm³/mol. The van der Waals surface area contributed by atoms with Gasteiger partial charge in [0.2, 0.25) is 10.0 Å². The molecule has 0 radical (unpaired) electrons. The average Bonchev–Trinajstić information content (AvgIpc) is 3.19. The number of piperidine rings is 1. The van der Waals surface area contributed by atoms with Gasteiger partial charge in [0, 0.05) is 37.7 Å². The summed E-state index contributed by atoms with van der Waals surface area (Å²) in [4.78, 5) is 26.0. The van der Waals surface area contributed by atoms with Crippen molar-refractivity contribution in [1.29, 1.82) is 0 Å². The maximum atomic E-state index is 12.0. The number of ether oxygens (including phenoxy) is 1. The van der Waals surface area contributed by atoms with Crippen molar-refractivity contribution in [2.45, 2.75) is 24.2 Å². The number of amides is 1. The normalized spacial score (nSPS) is 14.4. The summed E-state index contributed by atoms with van der Waals surface area (Å²) in [5.74, 6) is -1.37. The Morgan fingerprint density at radius 1 is 1.13 bits per heavy atom. The molecule has 1 saturated heterocycles. The number of carbonyl (C=O) groups is 2. The third-order valence-electron chi connectivity index (χ3n) is 4.63. The average molecular weight is 436 g/mol. The van der Waals surface area contributed by atoms with Gasteiger partial charge in [-0.05, 0) is 43.5 Å². The summed E-state index contributed by atoms with van der Waals surface area (Å²) in [5, 5.41) is 6.41. The molecule has 0 saturated carbocycles. The molecule has 1 fully saturated rings. The maximum absolute atomic E-state index is 12.0. The van der Waals surface area contributed by atoms with Crippen molar-refractivity contribution in [3.05, 3.63) is 36.7 Å². The van der Waals surface area contributed by atoms with E-state index >= 15 is 0 Å². The highest BCUT2D eigenvalue weighted by atomic mass is 32.2. The smallest absolute Gasteiger partial charge is 0.321 e. The first-order valence-electron chi connectivity index (χ1n) is 9.62. The van der Waals surface area contributed by atoms with Crippen molar-refractivity contribution in [3.8, 4) is 0 Å². The van der Waals surface area contributed by atoms with Crippen molar-refractivity contribution in [2.24, 2.45) is 7.05 Å². The van der Waals surface area contributed by atoms with Gasteiger partial charge < -0.3 is 15.0 Å². The van der Waals surface area contributed by atoms with Gasteiger partial charge in [-0.25, -0.2) is 8.42 Å². The van der Waals surface area contributed by atoms with Gasteiger partial charge in [0.25, 0.3) is 5.91 Å². The molecule has 0 atom stereocenters. The summed E-state index contributed by atoms with van der Waals surface area (Å²) in [5.41, 5.74) is 1.70. The molecule has 3 rings (SSSR count). The molecule has 0 spiro atoms. The lowest BCUT2D eigenvalue weighted by atomic mass is 10.1. The van der Waals surface area contributed by atoms with Gasteiger partial charge in [-0.15, -0.1) is 0 Å². The van der Waals surface area contributed by atoms with Gasteiger partial charge in [0.15, 0.2) is 6.61 Å². The Labute approximate surface area is 175 Å². The maximum Gasteiger partial charge on any atom is 0.321 e. The third kappa shape index (κ3) is 6.04. The summed E-state index contributed by atoms with van der Waals surface area (Å²) in [6.45, 7) is 0.967. The van der Waals surface area contributed by atoms with Crippen LogP contribution >= 0.6 is 0 Å². The van der Waals surface area contributed by atoms with E-state index in [0.717, 1.165) is 25.0 Å². The summed E-state index contributed by atoms with van der Waals surface area (Å²) in [6, 6.07) is 7.48. The van der Waals surface area contributed by atoms with E-state index in [9.17, 15) is 18.0 Å². The molecule has 1 aromatic heterocycles. The molecule has 0 aliphatic carbocycles. The van der Waals surface area contributed by atoms with E-state index in [0.29, 0.717) is 5.69 Å². The van der Waals surface area contributed by atoms with Crippen LogP contribution in [-0.2, 0) is 31.4 Å². The second-order valence-corrected chi connectivity index (χ2v) is 8.74. The number of aryl methyl sites for hydroxylation is 1. The Hall–Kier alpha value is -2.92. The van der Waals surface area contributed by atoms with E-state index in [1.54, 1.807) is 19.2 Å². The standard InChI is InChI=1S/C19H25N5O5S/c1-23-13-17(11-20-23)30(27,28)21-12-19(26)29-14-18(25)22-15-5-7-16(8-6-15)24-9-3-2-4-10-24/h5-8,11,13,21H,2-4,9-10,12,14H2,1H3,(H,22,25). The minimum absolute atomic E-state index is 0.0662. The fraction of sp³-hybridized carbons (Fsp3) is 0.421. The van der Waals surface area contributed by atoms with Crippen LogP contribution in [0.1, 0.15) is 19.3 Å². The van der Waals surface area contributed by atoms with Crippen molar-refractivity contribution >= 4 is 33.3 Å². The number of hydrogen-bond donors (Lipinski definition) is 2. The highest BCUT2D eigenvalue weighted by molar-refractivity contribution is 7.89. The number of rotatable bonds is 8. The summed E-state index contributed by atoms with van der Waals surface area (Å²) < 4.78 is 32.3. The lowest BCUT2D eigenvalue weighted by molar-refractivity contribution is -0.146. The van der Waals surface area contributed by atoms with E-state index in [-0.39, 0.29) is 4.90 Å². The van der Waals surface area contributed by atoms with Crippen LogP contribution in [0.5, 0.6) is 0 Å². The number of nitrogens with one attached hydrogen (secondary N) is 2. The van der Waals surface area contributed by atoms with Gasteiger partial charge >= 0.3 is 5.97 Å². The SMILES string of the molecule is Cn1cc(S(=O)(=O)NCC(=O)OCC(=O)Nc2ccc(N3CCCCC3)cc2)cn1. The van der Waals surface area contributed by atoms with Crippen molar-refractivity contribution in [2.75, 3.05) is 36.5 Å². The highest BCUT2D eigenvalue weighted by Crippen LogP contribution is 2.21. The van der Waals surface area contributed by atoms with Crippen molar-refractivity contribution in [1.82, 2.24) is 14.5 Å². The molecule has 1 aliphatic rings. The topological polar surface area (TPSA) is 123 Å². The molecule has 0 unspecified atom stereocenters. The first-order chi connectivity index (χ1) is 14.3. The number of esters is 1. The summed E-state index contributed by atoms with van der Waals surface area (Å²) in [6.07, 6.45) is 6.09. The number of sulfonamides is 1. The number of carbonyl (C=O) groups excluding carboxylic acids is 2. The second-order valence-electron chi connectivity index (χ2n) is 6.98. The number of benzene rings is 1. The molecule has 2 N–H and O–H groups in total. The van der Waals surface area contributed by atoms with Gasteiger partial charge in [-0.3, -0.25) is 14.3 Å². The largest absolute Gasteiger partial charge is 0.455 e. The predicted octanol–water partition coefficient (Wildman–Crippen LogP) is 0.871. The Bertz CT molecular complexity index is 981. The Morgan fingerprint density at radius 3 is 2.47 bits per heavy atom. The van der Waals surface area contributed by atoms with E-state index in [4.69, 9.17) is 4.74 Å². The molecule has 1 aromatic carbocycles. The zero-order valence-corrected chi connectivity index (χ0v) is 17.5. The minimum Gasteiger partial charge on any atom is -0.455 e. The highest BCUT2D eigenvalue weighted by Gasteiger charge is 2.18. The zero-order chi connectivity index (χ0) is 21.6. The van der Waals surface area contributed by atoms with Crippen LogP contribution in [0, 0.1) is 0 Å². The fourth-order valence-electron chi connectivity index (χ4n) is 3.08. The molecule has 1 amide bonds. The van der Waals surface area contributed by atoms with Crippen LogP contribution < -0.4 is 14.9 Å². The Kier molecular flexibility index (Phi) is 7.06. The quantitative estimate of drug-likeness (QED) is 0.590. The third-order valence-corrected chi connectivity index (χ3v) is 5.99. The van der Waals surface area contributed by atoms with Gasteiger partial charge in [-0.2, -0.15) is 9.82 Å². The first-order valence-corrected chi connectivity index (χ1v) is 11.1. The van der Waals surface area contributed by atoms with Crippen molar-refractivity contribution in [3.63, 3.8) is 0 Å². The molecule has 10 nitrogen and oxygen atoms in total. The van der Waals surface area contributed by atoms with Gasteiger partial charge in [0.05, 0.1) is 6.20 Å². The van der Waals surface area contributed by atoms with E-state index in [2.05, 4.69) is 20.0 Å². The lowest BCUT2D eigenvalue weighted by Crippen LogP contribution is -2.32. The van der Waals surface area contributed by atoms with Crippen molar-refractivity contribution < 1.29 is 22.7 Å². The summed E-state index contributed by atoms with van der Waals surface area (Å²) >= 11 is 0. The molecular weight excluding hydrogens is 410 g/mol. The lowest BCUT2D eigenvalue weighted by Gasteiger charge is -2.28. The molecule has 1 aliphatic heterocycles. The van der Waals surface area contributed by atoms with Gasteiger partial charge in [-0.1, -0.05) is 0 Å². The number of aromatic nitrogens is 2. The van der Waals surface area contributed by atoms with Crippen LogP contribution in [0.4, 0.5) is 11.4 Å². The van der Waals surface area contributed by atoms with E-state index in [1.807, 2.05) is 12.1 Å². The van der Waals surface area contributed by atoms with Gasteiger partial charge in [0.1, 0.15) is 11.4 Å². The Morgan fingerprint density at radius 2 is 1.83 bits per heavy atom. The number of anilines is 2. The molecule has 2 heterocycles. The van der Waals surface area contributed by atoms with Crippen LogP contribution in [0.3, 0.4) is 0 Å². The second kappa shape index (κ2) is 9.72. The van der Waals surface area contributed by atoms with Crippen LogP contribution in [0.25, 0.3) is 0 Å². The van der Waals surface area contributed by atoms with Crippen LogP contribution in [0.2, 0.25) is 0 Å². The first kappa shape index (κ1) is 21.8. The number of nitrogens with zero attached hydrogens (tertiary/aromatic N) is 3. The van der Waals surface area contributed by atoms with E-state index < -0.39 is 35.1 Å². The molecule has 11 heteroatoms. The zero-order valence-electron chi connectivity index (χ0n) is 16.7. The molecule has 2 aromatic rings. The number of hydrogen-bond acceptors (Lipinski definition) is 7. The fourth-order valence-corrected chi connectivity index (χ4v) is 4.03. The van der Waals surface area contributed by atoms with E-state index in [1.165, 1.54) is 30.1 Å².